The second-order valence-electron chi connectivity index (χ2n) is 8.89. The lowest BCUT2D eigenvalue weighted by Crippen LogP contribution is -2.60. The summed E-state index contributed by atoms with van der Waals surface area (Å²) in [6.45, 7) is 14.9. The van der Waals surface area contributed by atoms with Gasteiger partial charge >= 0.3 is 6.03 Å². The zero-order valence-electron chi connectivity index (χ0n) is 20.3. The Bertz CT molecular complexity index is 1090. The highest BCUT2D eigenvalue weighted by molar-refractivity contribution is 7.01. The van der Waals surface area contributed by atoms with E-state index in [9.17, 15) is 4.79 Å². The molecule has 2 N–H and O–H groups in total. The van der Waals surface area contributed by atoms with E-state index < -0.39 is 13.9 Å². The molecule has 0 radical (unpaired) electrons. The lowest BCUT2D eigenvalue weighted by atomic mass is 9.92. The Morgan fingerprint density at radius 2 is 1.56 bits per heavy atom. The maximum Gasteiger partial charge on any atom is 0.315 e. The minimum atomic E-state index is -2.63. The molecule has 0 aliphatic carbocycles. The molecule has 176 valence electrons. The van der Waals surface area contributed by atoms with Gasteiger partial charge in [0.15, 0.2) is 0 Å². The molecule has 0 aliphatic rings. The number of nitrogens with one attached hydrogen (secondary N) is 2. The number of carbonyl (C=O) groups excluding carboxylic acids is 1. The van der Waals surface area contributed by atoms with Crippen molar-refractivity contribution in [2.45, 2.75) is 26.3 Å². The van der Waals surface area contributed by atoms with Gasteiger partial charge in [0.05, 0.1) is 12.1 Å². The van der Waals surface area contributed by atoms with Crippen molar-refractivity contribution < 1.29 is 9.22 Å². The van der Waals surface area contributed by atoms with Crippen LogP contribution in [0.5, 0.6) is 0 Å². The number of hydrogen-bond acceptors (Lipinski definition) is 2. The van der Waals surface area contributed by atoms with Crippen LogP contribution in [0.25, 0.3) is 5.57 Å². The van der Waals surface area contributed by atoms with E-state index in [2.05, 4.69) is 54.1 Å². The topological polar surface area (TPSA) is 50.4 Å². The van der Waals surface area contributed by atoms with Gasteiger partial charge in [-0.1, -0.05) is 96.7 Å². The van der Waals surface area contributed by atoms with Gasteiger partial charge in [0.2, 0.25) is 0 Å². The smallest absolute Gasteiger partial charge is 0.315 e. The van der Waals surface area contributed by atoms with E-state index in [-0.39, 0.29) is 6.03 Å². The molecule has 0 aromatic heterocycles. The van der Waals surface area contributed by atoms with Crippen molar-refractivity contribution in [3.63, 3.8) is 0 Å². The van der Waals surface area contributed by atoms with Gasteiger partial charge in [0, 0.05) is 6.54 Å². The summed E-state index contributed by atoms with van der Waals surface area (Å²) < 4.78 is 6.53. The van der Waals surface area contributed by atoms with Crippen LogP contribution < -0.4 is 21.0 Å². The molecule has 0 heterocycles. The fourth-order valence-electron chi connectivity index (χ4n) is 3.95. The largest absolute Gasteiger partial charge is 0.403 e. The van der Waals surface area contributed by atoms with Crippen LogP contribution in [0.3, 0.4) is 0 Å². The maximum absolute atomic E-state index is 12.7. The predicted molar refractivity (Wildman–Crippen MR) is 145 cm³/mol. The first-order chi connectivity index (χ1) is 16.3. The second kappa shape index (κ2) is 11.1. The third kappa shape index (κ3) is 5.93. The summed E-state index contributed by atoms with van der Waals surface area (Å²) in [6, 6.07) is 28.3. The molecule has 0 spiro atoms. The van der Waals surface area contributed by atoms with Crippen molar-refractivity contribution in [2.75, 3.05) is 13.2 Å². The molecule has 0 aliphatic heterocycles. The summed E-state index contributed by atoms with van der Waals surface area (Å²) in [5.74, 6) is 0. The average molecular weight is 471 g/mol. The van der Waals surface area contributed by atoms with Crippen LogP contribution in [0.1, 0.15) is 31.9 Å². The third-order valence-electron chi connectivity index (χ3n) is 5.91. The first kappa shape index (κ1) is 25.2. The normalized spacial score (nSPS) is 11.5. The van der Waals surface area contributed by atoms with Crippen LogP contribution in [-0.4, -0.2) is 27.5 Å². The van der Waals surface area contributed by atoms with E-state index >= 15 is 0 Å². The van der Waals surface area contributed by atoms with Crippen molar-refractivity contribution in [1.82, 2.24) is 10.6 Å². The van der Waals surface area contributed by atoms with Gasteiger partial charge in [-0.15, -0.1) is 6.58 Å². The molecule has 34 heavy (non-hydrogen) atoms. The second-order valence-corrected chi connectivity index (χ2v) is 12.2. The van der Waals surface area contributed by atoms with E-state index in [1.54, 1.807) is 0 Å². The van der Waals surface area contributed by atoms with E-state index in [1.165, 1.54) is 0 Å². The molecule has 0 unspecified atom stereocenters. The number of hydrogen-bond donors (Lipinski definition) is 2. The van der Waals surface area contributed by atoms with Crippen LogP contribution in [0.15, 0.2) is 104 Å². The summed E-state index contributed by atoms with van der Waals surface area (Å²) in [6.07, 6.45) is 0. The molecule has 0 bridgehead atoms. The Hall–Kier alpha value is -3.41. The summed E-state index contributed by atoms with van der Waals surface area (Å²) in [7, 11) is -2.63. The summed E-state index contributed by atoms with van der Waals surface area (Å²) in [5, 5.41) is 8.26. The number of rotatable bonds is 10. The summed E-state index contributed by atoms with van der Waals surface area (Å²) in [4.78, 5) is 12.7. The highest BCUT2D eigenvalue weighted by Gasteiger charge is 2.36. The molecule has 5 heteroatoms. The first-order valence-electron chi connectivity index (χ1n) is 11.5. The van der Waals surface area contributed by atoms with Crippen molar-refractivity contribution in [3.05, 3.63) is 115 Å². The Kier molecular flexibility index (Phi) is 8.26. The first-order valence-corrected chi connectivity index (χ1v) is 13.5. The van der Waals surface area contributed by atoms with E-state index in [4.69, 9.17) is 4.43 Å². The summed E-state index contributed by atoms with van der Waals surface area (Å²) >= 11 is 0. The molecule has 3 aromatic rings. The maximum atomic E-state index is 12.7. The molecule has 2 amide bonds. The highest BCUT2D eigenvalue weighted by Crippen LogP contribution is 2.23. The molecular weight excluding hydrogens is 436 g/mol. The lowest BCUT2D eigenvalue weighted by molar-refractivity contribution is 0.226. The van der Waals surface area contributed by atoms with Crippen LogP contribution in [-0.2, 0) is 9.96 Å². The quantitative estimate of drug-likeness (QED) is 0.332. The van der Waals surface area contributed by atoms with Gasteiger partial charge in [-0.2, -0.15) is 0 Å². The zero-order valence-corrected chi connectivity index (χ0v) is 21.3. The average Bonchev–Trinajstić information content (AvgIpc) is 2.85. The van der Waals surface area contributed by atoms with Crippen molar-refractivity contribution in [2.24, 2.45) is 0 Å². The Labute approximate surface area is 204 Å². The van der Waals surface area contributed by atoms with E-state index in [0.29, 0.717) is 13.2 Å². The SMILES string of the molecule is C=C[Si](OCCNC(=O)NC(C)(C)c1cccc(C(=C)C)c1)(c1ccccc1)c1ccccc1. The fourth-order valence-corrected chi connectivity index (χ4v) is 7.00. The van der Waals surface area contributed by atoms with Crippen molar-refractivity contribution >= 4 is 30.3 Å². The number of allylic oxidation sites excluding steroid dienone is 1. The van der Waals surface area contributed by atoms with Crippen LogP contribution in [0.4, 0.5) is 4.79 Å². The monoisotopic (exact) mass is 470 g/mol. The van der Waals surface area contributed by atoms with Gasteiger partial charge in [0.1, 0.15) is 0 Å². The minimum absolute atomic E-state index is 0.236. The van der Waals surface area contributed by atoms with Gasteiger partial charge in [-0.25, -0.2) is 4.79 Å². The van der Waals surface area contributed by atoms with Gasteiger partial charge in [0.25, 0.3) is 8.32 Å². The molecule has 3 rings (SSSR count). The lowest BCUT2D eigenvalue weighted by Gasteiger charge is -2.30. The fraction of sp³-hybridized carbons (Fsp3) is 0.207. The number of amides is 2. The standard InChI is InChI=1S/C29H34N2O2Si/c1-6-34(26-16-9-7-10-17-26,27-18-11-8-12-19-27)33-21-20-30-28(32)31-29(4,5)25-15-13-14-24(22-25)23(2)3/h6-19,22H,1-2,20-21H2,3-5H3,(H2,30,31,32). The van der Waals surface area contributed by atoms with Gasteiger partial charge in [-0.3, -0.25) is 0 Å². The Morgan fingerprint density at radius 3 is 2.09 bits per heavy atom. The number of carbonyl (C=O) groups is 1. The summed E-state index contributed by atoms with van der Waals surface area (Å²) in [5.41, 5.74) is 4.49. The highest BCUT2D eigenvalue weighted by atomic mass is 28.4. The number of benzene rings is 3. The Morgan fingerprint density at radius 1 is 0.971 bits per heavy atom. The van der Waals surface area contributed by atoms with Crippen LogP contribution >= 0.6 is 0 Å². The molecule has 0 fully saturated rings. The Balaban J connectivity index is 1.64. The van der Waals surface area contributed by atoms with Gasteiger partial charge < -0.3 is 15.1 Å². The molecule has 4 nitrogen and oxygen atoms in total. The van der Waals surface area contributed by atoms with Gasteiger partial charge in [-0.05, 0) is 48.3 Å². The molecule has 0 atom stereocenters. The van der Waals surface area contributed by atoms with Crippen molar-refractivity contribution in [1.29, 1.82) is 0 Å². The van der Waals surface area contributed by atoms with E-state index in [0.717, 1.165) is 27.1 Å². The number of urea groups is 1. The van der Waals surface area contributed by atoms with Crippen LogP contribution in [0.2, 0.25) is 0 Å². The third-order valence-corrected chi connectivity index (χ3v) is 9.53. The minimum Gasteiger partial charge on any atom is -0.403 e. The zero-order chi connectivity index (χ0) is 24.6. The molecule has 0 saturated heterocycles. The predicted octanol–water partition coefficient (Wildman–Crippen LogP) is 4.76. The molecule has 3 aromatic carbocycles. The molecule has 0 saturated carbocycles. The van der Waals surface area contributed by atoms with E-state index in [1.807, 2.05) is 81.1 Å². The van der Waals surface area contributed by atoms with Crippen molar-refractivity contribution in [3.8, 4) is 0 Å². The van der Waals surface area contributed by atoms with Crippen LogP contribution in [0, 0.1) is 0 Å². The molecular formula is C29H34N2O2Si.